The molecular weight excluding hydrogens is 404 g/mol. The zero-order valence-electron chi connectivity index (χ0n) is 17.5. The van der Waals surface area contributed by atoms with Gasteiger partial charge in [0.2, 0.25) is 5.91 Å². The van der Waals surface area contributed by atoms with Crippen molar-refractivity contribution < 1.29 is 19.1 Å². The van der Waals surface area contributed by atoms with Gasteiger partial charge in [-0.15, -0.1) is 11.3 Å². The number of rotatable bonds is 6. The van der Waals surface area contributed by atoms with Gasteiger partial charge in [0.15, 0.2) is 0 Å². The van der Waals surface area contributed by atoms with Gasteiger partial charge in [-0.25, -0.2) is 9.59 Å². The number of nitrogens with zero attached hydrogens (tertiary/aromatic N) is 3. The molecule has 1 aliphatic carbocycles. The molecule has 164 valence electrons. The Morgan fingerprint density at radius 2 is 1.77 bits per heavy atom. The summed E-state index contributed by atoms with van der Waals surface area (Å²) in [6.45, 7) is 6.74. The number of thiophene rings is 1. The van der Waals surface area contributed by atoms with Gasteiger partial charge in [-0.3, -0.25) is 15.0 Å². The van der Waals surface area contributed by atoms with Crippen LogP contribution in [0.15, 0.2) is 5.38 Å². The molecule has 8 nitrogen and oxygen atoms in total. The van der Waals surface area contributed by atoms with Crippen molar-refractivity contribution in [1.29, 1.82) is 0 Å². The summed E-state index contributed by atoms with van der Waals surface area (Å²) in [6.07, 6.45) is 4.35. The van der Waals surface area contributed by atoms with Crippen molar-refractivity contribution in [2.75, 3.05) is 57.7 Å². The third kappa shape index (κ3) is 4.78. The monoisotopic (exact) mass is 434 g/mol. The fraction of sp³-hybridized carbons (Fsp3) is 0.667. The summed E-state index contributed by atoms with van der Waals surface area (Å²) < 4.78 is 5.23. The van der Waals surface area contributed by atoms with Crippen molar-refractivity contribution in [3.63, 3.8) is 0 Å². The van der Waals surface area contributed by atoms with Crippen molar-refractivity contribution in [3.05, 3.63) is 16.5 Å². The van der Waals surface area contributed by atoms with Crippen LogP contribution in [0.1, 0.15) is 54.4 Å². The lowest BCUT2D eigenvalue weighted by Gasteiger charge is -2.34. The Labute approximate surface area is 181 Å². The average molecular weight is 435 g/mol. The van der Waals surface area contributed by atoms with Crippen LogP contribution in [0.4, 0.5) is 9.80 Å². The number of ether oxygens (including phenoxy) is 1. The van der Waals surface area contributed by atoms with Gasteiger partial charge in [0.1, 0.15) is 5.00 Å². The predicted octanol–water partition coefficient (Wildman–Crippen LogP) is 2.57. The Kier molecular flexibility index (Phi) is 6.58. The van der Waals surface area contributed by atoms with E-state index in [0.29, 0.717) is 55.8 Å². The number of anilines is 1. The molecule has 1 N–H and O–H groups in total. The molecule has 3 amide bonds. The Morgan fingerprint density at radius 3 is 2.40 bits per heavy atom. The first-order valence-electron chi connectivity index (χ1n) is 10.9. The van der Waals surface area contributed by atoms with Gasteiger partial charge in [-0.2, -0.15) is 0 Å². The standard InChI is InChI=1S/C21H30N4O4S/c1-2-29-20(27)18-16(15-5-6-15)14-30-19(18)22-21(28)25-11-9-23(10-12-25)13-17(26)24-7-3-4-8-24/h14-15H,2-13H2,1H3,(H,22,28). The molecule has 0 unspecified atom stereocenters. The SMILES string of the molecule is CCOC(=O)c1c(C2CC2)csc1NC(=O)N1CCN(CC(=O)N2CCCC2)CC1. The number of carbonyl (C=O) groups is 3. The highest BCUT2D eigenvalue weighted by Gasteiger charge is 2.33. The Hall–Kier alpha value is -2.13. The van der Waals surface area contributed by atoms with Crippen LogP contribution in [-0.4, -0.2) is 85.0 Å². The molecule has 30 heavy (non-hydrogen) atoms. The highest BCUT2D eigenvalue weighted by atomic mass is 32.1. The normalized spacial score (nSPS) is 19.8. The number of esters is 1. The maximum absolute atomic E-state index is 12.8. The van der Waals surface area contributed by atoms with E-state index in [2.05, 4.69) is 10.2 Å². The summed E-state index contributed by atoms with van der Waals surface area (Å²) in [5.41, 5.74) is 1.52. The maximum Gasteiger partial charge on any atom is 0.341 e. The molecule has 2 saturated heterocycles. The molecule has 9 heteroatoms. The van der Waals surface area contributed by atoms with Gasteiger partial charge >= 0.3 is 12.0 Å². The third-order valence-electron chi connectivity index (χ3n) is 6.01. The van der Waals surface area contributed by atoms with E-state index in [0.717, 1.165) is 44.3 Å². The van der Waals surface area contributed by atoms with Gasteiger partial charge < -0.3 is 14.5 Å². The van der Waals surface area contributed by atoms with Crippen LogP contribution in [0.2, 0.25) is 0 Å². The first-order chi connectivity index (χ1) is 14.6. The minimum atomic E-state index is -0.360. The summed E-state index contributed by atoms with van der Waals surface area (Å²) in [4.78, 5) is 43.4. The molecule has 0 aromatic carbocycles. The first-order valence-corrected chi connectivity index (χ1v) is 11.8. The minimum Gasteiger partial charge on any atom is -0.462 e. The van der Waals surface area contributed by atoms with E-state index < -0.39 is 0 Å². The van der Waals surface area contributed by atoms with E-state index in [1.165, 1.54) is 11.3 Å². The van der Waals surface area contributed by atoms with E-state index in [1.54, 1.807) is 11.8 Å². The van der Waals surface area contributed by atoms with E-state index in [-0.39, 0.29) is 17.9 Å². The molecule has 1 saturated carbocycles. The summed E-state index contributed by atoms with van der Waals surface area (Å²) >= 11 is 1.39. The summed E-state index contributed by atoms with van der Waals surface area (Å²) in [7, 11) is 0. The second-order valence-corrected chi connectivity index (χ2v) is 9.05. The van der Waals surface area contributed by atoms with Crippen LogP contribution < -0.4 is 5.32 Å². The number of hydrogen-bond acceptors (Lipinski definition) is 6. The van der Waals surface area contributed by atoms with Gasteiger partial charge in [-0.05, 0) is 49.5 Å². The molecule has 3 aliphatic rings. The number of likely N-dealkylation sites (tertiary alicyclic amines) is 1. The van der Waals surface area contributed by atoms with E-state index in [9.17, 15) is 14.4 Å². The van der Waals surface area contributed by atoms with Crippen LogP contribution in [0, 0.1) is 0 Å². The van der Waals surface area contributed by atoms with E-state index >= 15 is 0 Å². The molecule has 0 bridgehead atoms. The van der Waals surface area contributed by atoms with Crippen LogP contribution in [-0.2, 0) is 9.53 Å². The molecule has 1 aromatic rings. The molecule has 4 rings (SSSR count). The molecule has 2 aliphatic heterocycles. The number of urea groups is 1. The highest BCUT2D eigenvalue weighted by molar-refractivity contribution is 7.15. The van der Waals surface area contributed by atoms with Crippen molar-refractivity contribution in [2.45, 2.75) is 38.5 Å². The predicted molar refractivity (Wildman–Crippen MR) is 115 cm³/mol. The summed E-state index contributed by atoms with van der Waals surface area (Å²) in [6, 6.07) is -0.199. The minimum absolute atomic E-state index is 0.190. The quantitative estimate of drug-likeness (QED) is 0.696. The fourth-order valence-corrected chi connectivity index (χ4v) is 5.14. The fourth-order valence-electron chi connectivity index (χ4n) is 4.11. The first kappa shape index (κ1) is 21.1. The molecule has 0 spiro atoms. The lowest BCUT2D eigenvalue weighted by molar-refractivity contribution is -0.131. The van der Waals surface area contributed by atoms with Gasteiger partial charge in [0.25, 0.3) is 0 Å². The van der Waals surface area contributed by atoms with Crippen molar-refractivity contribution in [3.8, 4) is 0 Å². The Bertz CT molecular complexity index is 793. The van der Waals surface area contributed by atoms with Crippen LogP contribution >= 0.6 is 11.3 Å². The maximum atomic E-state index is 12.8. The number of nitrogens with one attached hydrogen (secondary N) is 1. The van der Waals surface area contributed by atoms with Crippen molar-refractivity contribution in [1.82, 2.24) is 14.7 Å². The number of hydrogen-bond donors (Lipinski definition) is 1. The zero-order valence-corrected chi connectivity index (χ0v) is 18.3. The smallest absolute Gasteiger partial charge is 0.341 e. The van der Waals surface area contributed by atoms with E-state index in [4.69, 9.17) is 4.74 Å². The van der Waals surface area contributed by atoms with Crippen LogP contribution in [0.25, 0.3) is 0 Å². The van der Waals surface area contributed by atoms with Gasteiger partial charge in [-0.1, -0.05) is 0 Å². The van der Waals surface area contributed by atoms with Gasteiger partial charge in [0, 0.05) is 39.3 Å². The largest absolute Gasteiger partial charge is 0.462 e. The Balaban J connectivity index is 1.32. The zero-order chi connectivity index (χ0) is 21.1. The van der Waals surface area contributed by atoms with Crippen LogP contribution in [0.5, 0.6) is 0 Å². The molecule has 3 fully saturated rings. The van der Waals surface area contributed by atoms with E-state index in [1.807, 2.05) is 10.3 Å². The molecule has 1 aromatic heterocycles. The highest BCUT2D eigenvalue weighted by Crippen LogP contribution is 2.46. The molecule has 0 radical (unpaired) electrons. The number of amides is 3. The lowest BCUT2D eigenvalue weighted by atomic mass is 10.1. The second kappa shape index (κ2) is 9.34. The molecule has 0 atom stereocenters. The summed E-state index contributed by atoms with van der Waals surface area (Å²) in [5, 5.41) is 5.48. The van der Waals surface area contributed by atoms with Crippen LogP contribution in [0.3, 0.4) is 0 Å². The second-order valence-electron chi connectivity index (χ2n) is 8.17. The van der Waals surface area contributed by atoms with Gasteiger partial charge in [0.05, 0.1) is 18.7 Å². The lowest BCUT2D eigenvalue weighted by Crippen LogP contribution is -2.52. The number of piperazine rings is 1. The average Bonchev–Trinajstić information content (AvgIpc) is 3.26. The summed E-state index contributed by atoms with van der Waals surface area (Å²) in [5.74, 6) is 0.236. The number of carbonyl (C=O) groups excluding carboxylic acids is 3. The van der Waals surface area contributed by atoms with Crippen molar-refractivity contribution >= 4 is 34.2 Å². The topological polar surface area (TPSA) is 82.2 Å². The van der Waals surface area contributed by atoms with Crippen molar-refractivity contribution in [2.24, 2.45) is 0 Å². The Morgan fingerprint density at radius 1 is 1.07 bits per heavy atom. The third-order valence-corrected chi connectivity index (χ3v) is 6.93. The molecule has 3 heterocycles. The molecular formula is C21H30N4O4S.